The maximum absolute atomic E-state index is 13.2. The number of hydrogen-bond acceptors (Lipinski definition) is 5. The largest absolute Gasteiger partial charge is 0.451 e. The molecule has 0 spiro atoms. The molecular formula is C24H35NO5Si. The molecule has 1 aromatic carbocycles. The minimum absolute atomic E-state index is 0.0361. The summed E-state index contributed by atoms with van der Waals surface area (Å²) in [7, 11) is -2.05. The van der Waals surface area contributed by atoms with Crippen LogP contribution in [0.4, 0.5) is 0 Å². The maximum atomic E-state index is 13.2. The number of Topliss-reactive ketones (excluding diaryl/α,β-unsaturated/α-hetero) is 1. The summed E-state index contributed by atoms with van der Waals surface area (Å²) in [4.78, 5) is 38.1. The molecule has 1 N–H and O–H groups in total. The molecule has 1 aliphatic heterocycles. The Morgan fingerprint density at radius 2 is 1.77 bits per heavy atom. The van der Waals surface area contributed by atoms with Crippen molar-refractivity contribution in [1.82, 2.24) is 5.32 Å². The van der Waals surface area contributed by atoms with Crippen LogP contribution in [0.3, 0.4) is 0 Å². The van der Waals surface area contributed by atoms with Gasteiger partial charge in [0.25, 0.3) is 0 Å². The molecule has 170 valence electrons. The number of esters is 1. The highest BCUT2D eigenvalue weighted by molar-refractivity contribution is 6.74. The van der Waals surface area contributed by atoms with E-state index >= 15 is 0 Å². The lowest BCUT2D eigenvalue weighted by Crippen LogP contribution is -2.68. The SMILES string of the molecule is C[C@@H](O[Si](C)(C)C(C)(C)C)[C@H]1C(=O)NC1C1CCCC(OC(=O)c2ccccc2)C1=O. The summed E-state index contributed by atoms with van der Waals surface area (Å²) in [6.07, 6.45) is 0.961. The molecule has 6 nitrogen and oxygen atoms in total. The van der Waals surface area contributed by atoms with E-state index in [1.165, 1.54) is 0 Å². The number of benzene rings is 1. The van der Waals surface area contributed by atoms with Crippen LogP contribution in [0.15, 0.2) is 30.3 Å². The lowest BCUT2D eigenvalue weighted by atomic mass is 9.71. The fraction of sp³-hybridized carbons (Fsp3) is 0.625. The van der Waals surface area contributed by atoms with Gasteiger partial charge in [0.1, 0.15) is 0 Å². The van der Waals surface area contributed by atoms with Crippen molar-refractivity contribution in [3.63, 3.8) is 0 Å². The Labute approximate surface area is 186 Å². The van der Waals surface area contributed by atoms with Gasteiger partial charge in [0.05, 0.1) is 23.6 Å². The zero-order valence-corrected chi connectivity index (χ0v) is 20.4. The van der Waals surface area contributed by atoms with Crippen LogP contribution in [-0.2, 0) is 18.8 Å². The van der Waals surface area contributed by atoms with Gasteiger partial charge in [-0.1, -0.05) is 39.0 Å². The zero-order chi connectivity index (χ0) is 23.0. The van der Waals surface area contributed by atoms with Crippen molar-refractivity contribution in [3.8, 4) is 0 Å². The van der Waals surface area contributed by atoms with Crippen LogP contribution in [0.5, 0.6) is 0 Å². The Hall–Kier alpha value is -1.99. The number of ether oxygens (including phenoxy) is 1. The summed E-state index contributed by atoms with van der Waals surface area (Å²) in [6, 6.07) is 8.44. The molecule has 7 heteroatoms. The molecule has 2 fully saturated rings. The second-order valence-corrected chi connectivity index (χ2v) is 15.1. The Bertz CT molecular complexity index is 832. The van der Waals surface area contributed by atoms with Gasteiger partial charge in [-0.2, -0.15) is 0 Å². The molecule has 1 aliphatic carbocycles. The molecule has 1 heterocycles. The van der Waals surface area contributed by atoms with E-state index in [-0.39, 0.29) is 40.7 Å². The van der Waals surface area contributed by atoms with Crippen LogP contribution in [0.1, 0.15) is 57.3 Å². The summed E-state index contributed by atoms with van der Waals surface area (Å²) >= 11 is 0. The van der Waals surface area contributed by atoms with E-state index in [1.54, 1.807) is 24.3 Å². The third kappa shape index (κ3) is 4.93. The second-order valence-electron chi connectivity index (χ2n) is 10.3. The number of nitrogens with one attached hydrogen (secondary N) is 1. The third-order valence-corrected chi connectivity index (χ3v) is 11.7. The molecule has 3 rings (SSSR count). The molecule has 1 saturated carbocycles. The lowest BCUT2D eigenvalue weighted by Gasteiger charge is -2.48. The smallest absolute Gasteiger partial charge is 0.338 e. The number of rotatable bonds is 6. The lowest BCUT2D eigenvalue weighted by molar-refractivity contribution is -0.149. The van der Waals surface area contributed by atoms with Crippen LogP contribution in [-0.4, -0.2) is 44.2 Å². The van der Waals surface area contributed by atoms with E-state index in [9.17, 15) is 14.4 Å². The van der Waals surface area contributed by atoms with Crippen molar-refractivity contribution in [2.75, 3.05) is 0 Å². The molecule has 3 unspecified atom stereocenters. The fourth-order valence-electron chi connectivity index (χ4n) is 4.28. The highest BCUT2D eigenvalue weighted by atomic mass is 28.4. The van der Waals surface area contributed by atoms with Gasteiger partial charge < -0.3 is 14.5 Å². The minimum atomic E-state index is -2.05. The van der Waals surface area contributed by atoms with Gasteiger partial charge in [0.2, 0.25) is 5.91 Å². The maximum Gasteiger partial charge on any atom is 0.338 e. The van der Waals surface area contributed by atoms with Gasteiger partial charge in [-0.25, -0.2) is 4.79 Å². The molecule has 0 radical (unpaired) electrons. The Morgan fingerprint density at radius 1 is 1.13 bits per heavy atom. The first-order chi connectivity index (χ1) is 14.4. The summed E-state index contributed by atoms with van der Waals surface area (Å²) < 4.78 is 12.0. The van der Waals surface area contributed by atoms with Crippen LogP contribution in [0.2, 0.25) is 18.1 Å². The average Bonchev–Trinajstić information content (AvgIpc) is 2.67. The molecule has 31 heavy (non-hydrogen) atoms. The third-order valence-electron chi connectivity index (χ3n) is 7.15. The Balaban J connectivity index is 1.68. The number of amides is 1. The van der Waals surface area contributed by atoms with Crippen molar-refractivity contribution in [3.05, 3.63) is 35.9 Å². The van der Waals surface area contributed by atoms with Gasteiger partial charge in [-0.05, 0) is 56.5 Å². The molecule has 1 aromatic rings. The van der Waals surface area contributed by atoms with Crippen LogP contribution in [0, 0.1) is 11.8 Å². The molecule has 0 bridgehead atoms. The van der Waals surface area contributed by atoms with Gasteiger partial charge in [-0.15, -0.1) is 0 Å². The summed E-state index contributed by atoms with van der Waals surface area (Å²) in [5.74, 6) is -1.34. The van der Waals surface area contributed by atoms with Crippen LogP contribution >= 0.6 is 0 Å². The number of β-lactam (4-membered cyclic amide) rings is 1. The van der Waals surface area contributed by atoms with Crippen LogP contribution in [0.25, 0.3) is 0 Å². The summed E-state index contributed by atoms with van der Waals surface area (Å²) in [5, 5.41) is 2.98. The summed E-state index contributed by atoms with van der Waals surface area (Å²) in [5.41, 5.74) is 0.434. The predicted molar refractivity (Wildman–Crippen MR) is 121 cm³/mol. The van der Waals surface area contributed by atoms with Crippen molar-refractivity contribution in [1.29, 1.82) is 0 Å². The van der Waals surface area contributed by atoms with E-state index in [0.29, 0.717) is 18.4 Å². The van der Waals surface area contributed by atoms with Gasteiger partial charge in [0.15, 0.2) is 20.2 Å². The molecule has 2 aliphatic rings. The first kappa shape index (κ1) is 23.7. The standard InChI is InChI=1S/C24H35NO5Si/c1-15(30-31(5,6)24(2,3)4)19-20(25-22(19)27)17-13-10-14-18(21(17)26)29-23(28)16-11-8-7-9-12-16/h7-9,11-12,15,17-20H,10,13-14H2,1-6H3,(H,25,27)/t15-,17?,18?,19-,20?/m1/s1. The van der Waals surface area contributed by atoms with Crippen molar-refractivity contribution < 1.29 is 23.5 Å². The van der Waals surface area contributed by atoms with Crippen molar-refractivity contribution in [2.24, 2.45) is 11.8 Å². The van der Waals surface area contributed by atoms with Crippen LogP contribution < -0.4 is 5.32 Å². The van der Waals surface area contributed by atoms with E-state index in [1.807, 2.05) is 13.0 Å². The van der Waals surface area contributed by atoms with Gasteiger partial charge >= 0.3 is 5.97 Å². The van der Waals surface area contributed by atoms with E-state index in [0.717, 1.165) is 6.42 Å². The van der Waals surface area contributed by atoms with E-state index in [2.05, 4.69) is 39.2 Å². The van der Waals surface area contributed by atoms with Gasteiger partial charge in [0, 0.05) is 5.92 Å². The monoisotopic (exact) mass is 445 g/mol. The van der Waals surface area contributed by atoms with Crippen molar-refractivity contribution >= 4 is 26.0 Å². The number of carbonyl (C=O) groups excluding carboxylic acids is 3. The van der Waals surface area contributed by atoms with Crippen molar-refractivity contribution in [2.45, 2.75) is 83.3 Å². The van der Waals surface area contributed by atoms with Gasteiger partial charge in [-0.3, -0.25) is 9.59 Å². The first-order valence-electron chi connectivity index (χ1n) is 11.2. The Morgan fingerprint density at radius 3 is 2.35 bits per heavy atom. The minimum Gasteiger partial charge on any atom is -0.451 e. The predicted octanol–water partition coefficient (Wildman–Crippen LogP) is 4.11. The summed E-state index contributed by atoms with van der Waals surface area (Å²) in [6.45, 7) is 12.8. The molecule has 1 amide bonds. The highest BCUT2D eigenvalue weighted by Gasteiger charge is 2.53. The average molecular weight is 446 g/mol. The molecule has 5 atom stereocenters. The zero-order valence-electron chi connectivity index (χ0n) is 19.4. The number of ketones is 1. The molecule has 1 saturated heterocycles. The number of carbonyl (C=O) groups is 3. The molecular weight excluding hydrogens is 410 g/mol. The Kier molecular flexibility index (Phi) is 6.77. The second kappa shape index (κ2) is 8.86. The quantitative estimate of drug-likeness (QED) is 0.405. The van der Waals surface area contributed by atoms with E-state index in [4.69, 9.17) is 9.16 Å². The normalized spacial score (nSPS) is 27.8. The topological polar surface area (TPSA) is 81.7 Å². The number of hydrogen-bond donors (Lipinski definition) is 1. The highest BCUT2D eigenvalue weighted by Crippen LogP contribution is 2.40. The van der Waals surface area contributed by atoms with E-state index < -0.39 is 20.4 Å². The fourth-order valence-corrected chi connectivity index (χ4v) is 5.71. The molecule has 0 aromatic heterocycles. The first-order valence-corrected chi connectivity index (χ1v) is 14.1.